The number of benzene rings is 2. The molecule has 24 heavy (non-hydrogen) atoms. The summed E-state index contributed by atoms with van der Waals surface area (Å²) in [7, 11) is 0. The summed E-state index contributed by atoms with van der Waals surface area (Å²) in [5, 5.41) is 10.2. The van der Waals surface area contributed by atoms with Crippen molar-refractivity contribution in [3.05, 3.63) is 64.7 Å². The van der Waals surface area contributed by atoms with Gasteiger partial charge < -0.3 is 4.90 Å². The fourth-order valence-electron chi connectivity index (χ4n) is 3.59. The van der Waals surface area contributed by atoms with Crippen LogP contribution in [0.25, 0.3) is 10.2 Å². The zero-order valence-electron chi connectivity index (χ0n) is 13.5. The van der Waals surface area contributed by atoms with E-state index >= 15 is 0 Å². The summed E-state index contributed by atoms with van der Waals surface area (Å²) in [6.45, 7) is 2.20. The molecule has 3 aromatic rings. The molecule has 2 heterocycles. The molecule has 1 aliphatic heterocycles. The van der Waals surface area contributed by atoms with E-state index in [1.165, 1.54) is 41.1 Å². The smallest absolute Gasteiger partial charge is 0.151 e. The first kappa shape index (κ1) is 15.3. The second-order valence-corrected chi connectivity index (χ2v) is 7.52. The molecule has 1 aromatic heterocycles. The van der Waals surface area contributed by atoms with Crippen molar-refractivity contribution in [3.8, 4) is 6.07 Å². The van der Waals surface area contributed by atoms with Crippen molar-refractivity contribution in [1.82, 2.24) is 4.98 Å². The molecule has 1 aliphatic rings. The molecule has 0 saturated carbocycles. The van der Waals surface area contributed by atoms with E-state index in [9.17, 15) is 0 Å². The maximum atomic E-state index is 8.95. The molecule has 2 atom stereocenters. The van der Waals surface area contributed by atoms with Crippen molar-refractivity contribution in [3.63, 3.8) is 0 Å². The SMILES string of the molecule is N#Cc1ccc(C[NH+]2CCCC[C@@H]2c2nc3ccccc3s2)cc1. The number of quaternary nitrogens is 1. The average Bonchev–Trinajstić information content (AvgIpc) is 3.07. The lowest BCUT2D eigenvalue weighted by Crippen LogP contribution is -3.11. The van der Waals surface area contributed by atoms with Crippen LogP contribution in [0.2, 0.25) is 0 Å². The number of nitrogens with one attached hydrogen (secondary N) is 1. The molecule has 1 saturated heterocycles. The molecule has 0 amide bonds. The van der Waals surface area contributed by atoms with Crippen molar-refractivity contribution in [2.75, 3.05) is 6.54 Å². The van der Waals surface area contributed by atoms with Crippen LogP contribution in [-0.2, 0) is 6.54 Å². The van der Waals surface area contributed by atoms with Crippen molar-refractivity contribution in [1.29, 1.82) is 5.26 Å². The number of hydrogen-bond donors (Lipinski definition) is 1. The maximum Gasteiger partial charge on any atom is 0.151 e. The molecule has 4 heteroatoms. The summed E-state index contributed by atoms with van der Waals surface area (Å²) in [6.07, 6.45) is 3.79. The van der Waals surface area contributed by atoms with Crippen molar-refractivity contribution in [2.45, 2.75) is 31.8 Å². The van der Waals surface area contributed by atoms with Gasteiger partial charge in [0.1, 0.15) is 12.6 Å². The van der Waals surface area contributed by atoms with Crippen LogP contribution >= 0.6 is 11.3 Å². The van der Waals surface area contributed by atoms with Gasteiger partial charge in [-0.05, 0) is 37.1 Å². The summed E-state index contributed by atoms with van der Waals surface area (Å²) in [6, 6.07) is 19.1. The molecule has 1 unspecified atom stereocenters. The van der Waals surface area contributed by atoms with E-state index in [0.29, 0.717) is 6.04 Å². The fraction of sp³-hybridized carbons (Fsp3) is 0.300. The van der Waals surface area contributed by atoms with Crippen molar-refractivity contribution in [2.24, 2.45) is 0 Å². The Hall–Kier alpha value is -2.22. The van der Waals surface area contributed by atoms with Crippen LogP contribution < -0.4 is 4.90 Å². The Morgan fingerprint density at radius 3 is 2.75 bits per heavy atom. The number of nitrogens with zero attached hydrogens (tertiary/aromatic N) is 2. The number of rotatable bonds is 3. The Labute approximate surface area is 146 Å². The number of nitriles is 1. The lowest BCUT2D eigenvalue weighted by molar-refractivity contribution is -0.950. The van der Waals surface area contributed by atoms with Crippen molar-refractivity contribution < 1.29 is 4.90 Å². The minimum atomic E-state index is 0.492. The number of para-hydroxylation sites is 1. The van der Waals surface area contributed by atoms with Crippen molar-refractivity contribution >= 4 is 21.6 Å². The third-order valence-corrected chi connectivity index (χ3v) is 6.01. The van der Waals surface area contributed by atoms with E-state index in [-0.39, 0.29) is 0 Å². The highest BCUT2D eigenvalue weighted by molar-refractivity contribution is 7.18. The van der Waals surface area contributed by atoms with E-state index in [4.69, 9.17) is 10.2 Å². The van der Waals surface area contributed by atoms with Gasteiger partial charge in [-0.2, -0.15) is 5.26 Å². The zero-order chi connectivity index (χ0) is 16.4. The normalized spacial score (nSPS) is 20.8. The molecule has 2 aromatic carbocycles. The molecule has 0 radical (unpaired) electrons. The van der Waals surface area contributed by atoms with E-state index < -0.39 is 0 Å². The number of piperidine rings is 1. The monoisotopic (exact) mass is 334 g/mol. The van der Waals surface area contributed by atoms with E-state index in [1.807, 2.05) is 23.5 Å². The Morgan fingerprint density at radius 2 is 1.96 bits per heavy atom. The minimum absolute atomic E-state index is 0.492. The molecule has 120 valence electrons. The van der Waals surface area contributed by atoms with Gasteiger partial charge in [0.15, 0.2) is 5.01 Å². The standard InChI is InChI=1S/C20H19N3S/c21-13-15-8-10-16(11-9-15)14-23-12-4-3-6-18(23)20-22-17-5-1-2-7-19(17)24-20/h1-2,5,7-11,18H,3-4,6,12,14H2/p+1/t18-/m1/s1. The zero-order valence-corrected chi connectivity index (χ0v) is 14.4. The molecular formula is C20H20N3S+. The van der Waals surface area contributed by atoms with Crippen LogP contribution in [0, 0.1) is 11.3 Å². The van der Waals surface area contributed by atoms with Gasteiger partial charge in [-0.3, -0.25) is 0 Å². The number of thiazole rings is 1. The first-order valence-corrected chi connectivity index (χ1v) is 9.34. The van der Waals surface area contributed by atoms with Gasteiger partial charge in [0.05, 0.1) is 28.4 Å². The molecule has 0 bridgehead atoms. The quantitative estimate of drug-likeness (QED) is 0.797. The molecule has 4 rings (SSSR count). The van der Waals surface area contributed by atoms with Gasteiger partial charge in [-0.15, -0.1) is 11.3 Å². The predicted molar refractivity (Wildman–Crippen MR) is 96.9 cm³/mol. The van der Waals surface area contributed by atoms with Crippen LogP contribution in [0.3, 0.4) is 0 Å². The maximum absolute atomic E-state index is 8.95. The Bertz CT molecular complexity index is 843. The van der Waals surface area contributed by atoms with Crippen LogP contribution in [0.4, 0.5) is 0 Å². The van der Waals surface area contributed by atoms with Gasteiger partial charge in [-0.25, -0.2) is 4.98 Å². The Morgan fingerprint density at radius 1 is 1.12 bits per heavy atom. The molecular weight excluding hydrogens is 314 g/mol. The topological polar surface area (TPSA) is 41.1 Å². The van der Waals surface area contributed by atoms with Gasteiger partial charge in [0, 0.05) is 12.0 Å². The summed E-state index contributed by atoms with van der Waals surface area (Å²) < 4.78 is 1.29. The van der Waals surface area contributed by atoms with Gasteiger partial charge in [-0.1, -0.05) is 24.3 Å². The number of likely N-dealkylation sites (tertiary alicyclic amines) is 1. The highest BCUT2D eigenvalue weighted by Gasteiger charge is 2.30. The molecule has 1 fully saturated rings. The second-order valence-electron chi connectivity index (χ2n) is 6.46. The van der Waals surface area contributed by atoms with Gasteiger partial charge in [0.25, 0.3) is 0 Å². The average molecular weight is 334 g/mol. The largest absolute Gasteiger partial charge is 0.323 e. The molecule has 0 spiro atoms. The van der Waals surface area contributed by atoms with E-state index in [2.05, 4.69) is 42.5 Å². The summed E-state index contributed by atoms with van der Waals surface area (Å²) in [4.78, 5) is 6.51. The van der Waals surface area contributed by atoms with Crippen LogP contribution in [0.15, 0.2) is 48.5 Å². The highest BCUT2D eigenvalue weighted by Crippen LogP contribution is 2.28. The number of aromatic nitrogens is 1. The Kier molecular flexibility index (Phi) is 4.29. The number of fused-ring (bicyclic) bond motifs is 1. The van der Waals surface area contributed by atoms with Crippen LogP contribution in [0.5, 0.6) is 0 Å². The number of hydrogen-bond acceptors (Lipinski definition) is 3. The van der Waals surface area contributed by atoms with Crippen LogP contribution in [-0.4, -0.2) is 11.5 Å². The van der Waals surface area contributed by atoms with Gasteiger partial charge >= 0.3 is 0 Å². The highest BCUT2D eigenvalue weighted by atomic mass is 32.1. The minimum Gasteiger partial charge on any atom is -0.323 e. The fourth-order valence-corrected chi connectivity index (χ4v) is 4.75. The third kappa shape index (κ3) is 3.06. The summed E-state index contributed by atoms with van der Waals surface area (Å²) >= 11 is 1.85. The third-order valence-electron chi connectivity index (χ3n) is 4.86. The Balaban J connectivity index is 1.59. The van der Waals surface area contributed by atoms with E-state index in [0.717, 1.165) is 17.6 Å². The first-order chi connectivity index (χ1) is 11.8. The lowest BCUT2D eigenvalue weighted by atomic mass is 10.0. The van der Waals surface area contributed by atoms with E-state index in [1.54, 1.807) is 4.90 Å². The van der Waals surface area contributed by atoms with Gasteiger partial charge in [0.2, 0.25) is 0 Å². The first-order valence-electron chi connectivity index (χ1n) is 8.52. The molecule has 3 nitrogen and oxygen atoms in total. The summed E-state index contributed by atoms with van der Waals surface area (Å²) in [5.74, 6) is 0. The second kappa shape index (κ2) is 6.72. The molecule has 1 N–H and O–H groups in total. The predicted octanol–water partition coefficient (Wildman–Crippen LogP) is 3.48. The van der Waals surface area contributed by atoms with Crippen LogP contribution in [0.1, 0.15) is 41.4 Å². The lowest BCUT2D eigenvalue weighted by Gasteiger charge is -2.31. The molecule has 0 aliphatic carbocycles. The summed E-state index contributed by atoms with van der Waals surface area (Å²) in [5.41, 5.74) is 3.16.